The van der Waals surface area contributed by atoms with Gasteiger partial charge in [-0.25, -0.2) is 0 Å². The van der Waals surface area contributed by atoms with Gasteiger partial charge in [-0.05, 0) is 18.6 Å². The van der Waals surface area contributed by atoms with Crippen molar-refractivity contribution in [2.75, 3.05) is 6.61 Å². The van der Waals surface area contributed by atoms with Crippen LogP contribution in [-0.4, -0.2) is 16.7 Å². The molecule has 0 fully saturated rings. The monoisotopic (exact) mass is 165 g/mol. The molecule has 12 heavy (non-hydrogen) atoms. The maximum Gasteiger partial charge on any atom is 0.0537 e. The second-order valence-electron chi connectivity index (χ2n) is 3.71. The van der Waals surface area contributed by atoms with Gasteiger partial charge in [0.1, 0.15) is 0 Å². The summed E-state index contributed by atoms with van der Waals surface area (Å²) in [6.07, 6.45) is 1.76. The molecule has 0 aliphatic rings. The minimum atomic E-state index is -0.231. The number of aliphatic hydroxyl groups is 1. The maximum absolute atomic E-state index is 9.13. The van der Waals surface area contributed by atoms with Crippen molar-refractivity contribution < 1.29 is 5.11 Å². The Kier molecular flexibility index (Phi) is 2.48. The first-order chi connectivity index (χ1) is 5.58. The Bertz CT molecular complexity index is 268. The average Bonchev–Trinajstić information content (AvgIpc) is 2.05. The number of rotatable bonds is 2. The number of aromatic nitrogens is 1. The third-order valence-electron chi connectivity index (χ3n) is 2.05. The maximum atomic E-state index is 9.13. The van der Waals surface area contributed by atoms with Gasteiger partial charge in [-0.3, -0.25) is 4.98 Å². The molecule has 1 heterocycles. The third-order valence-corrected chi connectivity index (χ3v) is 2.05. The Morgan fingerprint density at radius 3 is 2.67 bits per heavy atom. The molecule has 0 spiro atoms. The molecule has 0 bridgehead atoms. The fraction of sp³-hybridized carbons (Fsp3) is 0.500. The highest BCUT2D eigenvalue weighted by Crippen LogP contribution is 2.22. The van der Waals surface area contributed by atoms with Gasteiger partial charge in [0.05, 0.1) is 12.3 Å². The van der Waals surface area contributed by atoms with Crippen molar-refractivity contribution in [3.63, 3.8) is 0 Å². The van der Waals surface area contributed by atoms with Crippen LogP contribution in [0.2, 0.25) is 0 Å². The number of nitrogens with zero attached hydrogens (tertiary/aromatic N) is 1. The highest BCUT2D eigenvalue weighted by molar-refractivity contribution is 5.24. The molecule has 0 saturated carbocycles. The minimum Gasteiger partial charge on any atom is -0.395 e. The summed E-state index contributed by atoms with van der Waals surface area (Å²) in [4.78, 5) is 4.26. The number of hydrogen-bond acceptors (Lipinski definition) is 2. The van der Waals surface area contributed by atoms with Gasteiger partial charge in [-0.2, -0.15) is 0 Å². The molecule has 1 N–H and O–H groups in total. The first kappa shape index (κ1) is 9.20. The van der Waals surface area contributed by atoms with Crippen LogP contribution in [0.15, 0.2) is 18.3 Å². The van der Waals surface area contributed by atoms with Gasteiger partial charge >= 0.3 is 0 Å². The lowest BCUT2D eigenvalue weighted by molar-refractivity contribution is 0.214. The number of aryl methyl sites for hydroxylation is 1. The molecule has 2 nitrogen and oxygen atoms in total. The Hall–Kier alpha value is -0.890. The van der Waals surface area contributed by atoms with Crippen LogP contribution < -0.4 is 0 Å². The molecule has 1 aromatic rings. The summed E-state index contributed by atoms with van der Waals surface area (Å²) < 4.78 is 0. The zero-order chi connectivity index (χ0) is 9.19. The van der Waals surface area contributed by atoms with Crippen molar-refractivity contribution in [1.29, 1.82) is 0 Å². The Labute approximate surface area is 73.3 Å². The molecule has 0 aromatic carbocycles. The highest BCUT2D eigenvalue weighted by Gasteiger charge is 2.22. The number of aliphatic hydroxyl groups excluding tert-OH is 1. The van der Waals surface area contributed by atoms with Crippen molar-refractivity contribution in [3.05, 3.63) is 29.6 Å². The van der Waals surface area contributed by atoms with E-state index in [1.54, 1.807) is 6.20 Å². The van der Waals surface area contributed by atoms with Crippen LogP contribution >= 0.6 is 0 Å². The van der Waals surface area contributed by atoms with E-state index in [4.69, 9.17) is 5.11 Å². The minimum absolute atomic E-state index is 0.130. The van der Waals surface area contributed by atoms with Gasteiger partial charge in [0.2, 0.25) is 0 Å². The van der Waals surface area contributed by atoms with Crippen LogP contribution in [-0.2, 0) is 5.41 Å². The normalized spacial score (nSPS) is 11.7. The number of hydrogen-bond donors (Lipinski definition) is 1. The van der Waals surface area contributed by atoms with Gasteiger partial charge < -0.3 is 5.11 Å². The lowest BCUT2D eigenvalue weighted by Crippen LogP contribution is -2.24. The van der Waals surface area contributed by atoms with Gasteiger partial charge in [0.15, 0.2) is 0 Å². The first-order valence-corrected chi connectivity index (χ1v) is 4.11. The van der Waals surface area contributed by atoms with Gasteiger partial charge in [0, 0.05) is 11.6 Å². The molecule has 0 aliphatic carbocycles. The fourth-order valence-electron chi connectivity index (χ4n) is 1.27. The van der Waals surface area contributed by atoms with E-state index in [0.717, 1.165) is 11.3 Å². The summed E-state index contributed by atoms with van der Waals surface area (Å²) in [5.41, 5.74) is 1.88. The topological polar surface area (TPSA) is 33.1 Å². The highest BCUT2D eigenvalue weighted by atomic mass is 16.3. The Morgan fingerprint density at radius 1 is 1.50 bits per heavy atom. The van der Waals surface area contributed by atoms with Crippen molar-refractivity contribution >= 4 is 0 Å². The lowest BCUT2D eigenvalue weighted by Gasteiger charge is -2.22. The van der Waals surface area contributed by atoms with Crippen LogP contribution in [0, 0.1) is 6.92 Å². The molecule has 66 valence electrons. The molecule has 0 unspecified atom stereocenters. The predicted molar refractivity (Wildman–Crippen MR) is 49.1 cm³/mol. The third kappa shape index (κ3) is 1.64. The second kappa shape index (κ2) is 3.23. The lowest BCUT2D eigenvalue weighted by atomic mass is 9.87. The zero-order valence-electron chi connectivity index (χ0n) is 7.83. The van der Waals surface area contributed by atoms with Crippen LogP contribution in [0.5, 0.6) is 0 Å². The van der Waals surface area contributed by atoms with E-state index in [9.17, 15) is 0 Å². The van der Waals surface area contributed by atoms with E-state index in [2.05, 4.69) is 4.98 Å². The van der Waals surface area contributed by atoms with E-state index in [1.807, 2.05) is 32.9 Å². The average molecular weight is 165 g/mol. The van der Waals surface area contributed by atoms with Crippen LogP contribution in [0.3, 0.4) is 0 Å². The molecule has 0 atom stereocenters. The molecule has 1 rings (SSSR count). The van der Waals surface area contributed by atoms with E-state index in [0.29, 0.717) is 0 Å². The van der Waals surface area contributed by atoms with Crippen molar-refractivity contribution in [1.82, 2.24) is 4.98 Å². The predicted octanol–water partition coefficient (Wildman–Crippen LogP) is 1.66. The first-order valence-electron chi connectivity index (χ1n) is 4.11. The molecule has 0 saturated heterocycles. The summed E-state index contributed by atoms with van der Waals surface area (Å²) in [7, 11) is 0. The smallest absolute Gasteiger partial charge is 0.0537 e. The number of pyridine rings is 1. The van der Waals surface area contributed by atoms with Crippen molar-refractivity contribution in [2.45, 2.75) is 26.2 Å². The molecule has 1 aromatic heterocycles. The summed E-state index contributed by atoms with van der Waals surface area (Å²) in [6.45, 7) is 6.12. The van der Waals surface area contributed by atoms with E-state index in [-0.39, 0.29) is 12.0 Å². The molecule has 0 radical (unpaired) electrons. The van der Waals surface area contributed by atoms with Crippen molar-refractivity contribution in [3.8, 4) is 0 Å². The summed E-state index contributed by atoms with van der Waals surface area (Å²) >= 11 is 0. The molecular weight excluding hydrogens is 150 g/mol. The van der Waals surface area contributed by atoms with Crippen LogP contribution in [0.25, 0.3) is 0 Å². The van der Waals surface area contributed by atoms with Gasteiger partial charge in [0.25, 0.3) is 0 Å². The zero-order valence-corrected chi connectivity index (χ0v) is 7.83. The van der Waals surface area contributed by atoms with Crippen molar-refractivity contribution in [2.24, 2.45) is 0 Å². The standard InChI is InChI=1S/C10H15NO/c1-8-5-4-6-11-9(8)10(2,3)7-12/h4-6,12H,7H2,1-3H3. The Balaban J connectivity index is 3.10. The van der Waals surface area contributed by atoms with E-state index < -0.39 is 0 Å². The van der Waals surface area contributed by atoms with E-state index >= 15 is 0 Å². The van der Waals surface area contributed by atoms with E-state index in [1.165, 1.54) is 0 Å². The fourth-order valence-corrected chi connectivity index (χ4v) is 1.27. The quantitative estimate of drug-likeness (QED) is 0.723. The van der Waals surface area contributed by atoms with Gasteiger partial charge in [-0.15, -0.1) is 0 Å². The van der Waals surface area contributed by atoms with Crippen LogP contribution in [0.1, 0.15) is 25.1 Å². The molecule has 0 amide bonds. The summed E-state index contributed by atoms with van der Waals surface area (Å²) in [5, 5.41) is 9.13. The Morgan fingerprint density at radius 2 is 2.17 bits per heavy atom. The van der Waals surface area contributed by atoms with Gasteiger partial charge in [-0.1, -0.05) is 19.9 Å². The SMILES string of the molecule is Cc1cccnc1C(C)(C)CO. The largest absolute Gasteiger partial charge is 0.395 e. The second-order valence-corrected chi connectivity index (χ2v) is 3.71. The summed E-state index contributed by atoms with van der Waals surface area (Å²) in [6, 6.07) is 3.92. The molecule has 2 heteroatoms. The summed E-state index contributed by atoms with van der Waals surface area (Å²) in [5.74, 6) is 0. The molecule has 0 aliphatic heterocycles. The van der Waals surface area contributed by atoms with Crippen LogP contribution in [0.4, 0.5) is 0 Å². The molecular formula is C10H15NO.